The largest absolute Gasteiger partial charge is 0.370 e. The van der Waals surface area contributed by atoms with E-state index in [1.165, 1.54) is 25.9 Å². The fourth-order valence-electron chi connectivity index (χ4n) is 2.48. The first-order valence-electron chi connectivity index (χ1n) is 6.67. The van der Waals surface area contributed by atoms with Gasteiger partial charge in [-0.3, -0.25) is 4.79 Å². The molecular formula is C13H15N5O2S. The Bertz CT molecular complexity index is 905. The quantitative estimate of drug-likeness (QED) is 0.773. The molecule has 0 aromatic carbocycles. The van der Waals surface area contributed by atoms with Gasteiger partial charge in [0.15, 0.2) is 5.65 Å². The first kappa shape index (κ1) is 13.7. The van der Waals surface area contributed by atoms with E-state index in [4.69, 9.17) is 5.73 Å². The summed E-state index contributed by atoms with van der Waals surface area (Å²) in [5, 5.41) is 5.29. The van der Waals surface area contributed by atoms with Gasteiger partial charge in [0.25, 0.3) is 0 Å². The number of thiophene rings is 1. The highest BCUT2D eigenvalue weighted by atomic mass is 32.1. The molecule has 0 unspecified atom stereocenters. The lowest BCUT2D eigenvalue weighted by atomic mass is 10.1. The monoisotopic (exact) mass is 305 g/mol. The van der Waals surface area contributed by atoms with E-state index >= 15 is 0 Å². The SMILES string of the molecule is CCc1c(C)sc2ncn3c(=O)n(CCC(N)=O)nc3c12. The Morgan fingerprint density at radius 1 is 1.48 bits per heavy atom. The zero-order valence-corrected chi connectivity index (χ0v) is 12.6. The molecule has 3 rings (SSSR count). The number of fused-ring (bicyclic) bond motifs is 3. The molecule has 21 heavy (non-hydrogen) atoms. The van der Waals surface area contributed by atoms with E-state index in [1.807, 2.05) is 6.92 Å². The highest BCUT2D eigenvalue weighted by molar-refractivity contribution is 7.18. The molecule has 8 heteroatoms. The smallest absolute Gasteiger partial charge is 0.351 e. The Morgan fingerprint density at radius 3 is 2.90 bits per heavy atom. The van der Waals surface area contributed by atoms with Crippen molar-refractivity contribution in [2.24, 2.45) is 5.73 Å². The van der Waals surface area contributed by atoms with E-state index in [0.29, 0.717) is 5.65 Å². The molecule has 3 heterocycles. The van der Waals surface area contributed by atoms with Crippen molar-refractivity contribution in [2.75, 3.05) is 0 Å². The minimum Gasteiger partial charge on any atom is -0.370 e. The number of nitrogens with two attached hydrogens (primary N) is 1. The molecule has 0 radical (unpaired) electrons. The summed E-state index contributed by atoms with van der Waals surface area (Å²) in [6.45, 7) is 4.30. The van der Waals surface area contributed by atoms with Gasteiger partial charge in [-0.15, -0.1) is 16.4 Å². The maximum absolute atomic E-state index is 12.3. The topological polar surface area (TPSA) is 95.3 Å². The fourth-order valence-corrected chi connectivity index (χ4v) is 3.55. The molecule has 0 aliphatic heterocycles. The molecule has 110 valence electrons. The van der Waals surface area contributed by atoms with Crippen molar-refractivity contribution in [3.8, 4) is 0 Å². The van der Waals surface area contributed by atoms with Crippen LogP contribution in [0.2, 0.25) is 0 Å². The lowest BCUT2D eigenvalue weighted by Crippen LogP contribution is -2.24. The number of aromatic nitrogens is 4. The Morgan fingerprint density at radius 2 is 2.24 bits per heavy atom. The summed E-state index contributed by atoms with van der Waals surface area (Å²) in [6.07, 6.45) is 2.43. The van der Waals surface area contributed by atoms with Gasteiger partial charge >= 0.3 is 5.69 Å². The summed E-state index contributed by atoms with van der Waals surface area (Å²) in [6, 6.07) is 0. The third kappa shape index (κ3) is 2.11. The van der Waals surface area contributed by atoms with Gasteiger partial charge in [0.05, 0.1) is 11.9 Å². The maximum Gasteiger partial charge on any atom is 0.351 e. The van der Waals surface area contributed by atoms with Crippen molar-refractivity contribution < 1.29 is 4.79 Å². The second-order valence-electron chi connectivity index (χ2n) is 4.83. The number of primary amides is 1. The van der Waals surface area contributed by atoms with Crippen LogP contribution in [0.5, 0.6) is 0 Å². The van der Waals surface area contributed by atoms with Crippen molar-refractivity contribution in [2.45, 2.75) is 33.2 Å². The van der Waals surface area contributed by atoms with Crippen LogP contribution in [0, 0.1) is 6.92 Å². The molecule has 3 aromatic heterocycles. The molecule has 0 bridgehead atoms. The zero-order chi connectivity index (χ0) is 15.1. The van der Waals surface area contributed by atoms with Crippen LogP contribution in [0.25, 0.3) is 15.9 Å². The van der Waals surface area contributed by atoms with Crippen LogP contribution in [0.15, 0.2) is 11.1 Å². The minimum absolute atomic E-state index is 0.0870. The number of hydrogen-bond acceptors (Lipinski definition) is 5. The van der Waals surface area contributed by atoms with E-state index in [0.717, 1.165) is 16.6 Å². The van der Waals surface area contributed by atoms with Crippen LogP contribution in [0.3, 0.4) is 0 Å². The molecule has 0 saturated heterocycles. The lowest BCUT2D eigenvalue weighted by molar-refractivity contribution is -0.118. The summed E-state index contributed by atoms with van der Waals surface area (Å²) in [5.41, 5.74) is 6.59. The predicted molar refractivity (Wildman–Crippen MR) is 80.6 cm³/mol. The van der Waals surface area contributed by atoms with Gasteiger partial charge in [0.2, 0.25) is 5.91 Å². The number of rotatable bonds is 4. The zero-order valence-electron chi connectivity index (χ0n) is 11.8. The molecule has 2 N–H and O–H groups in total. The molecule has 0 aliphatic carbocycles. The van der Waals surface area contributed by atoms with E-state index in [1.54, 1.807) is 11.3 Å². The van der Waals surface area contributed by atoms with Crippen molar-refractivity contribution in [1.82, 2.24) is 19.2 Å². The summed E-state index contributed by atoms with van der Waals surface area (Å²) in [4.78, 5) is 29.6. The molecular weight excluding hydrogens is 290 g/mol. The molecule has 1 amide bonds. The van der Waals surface area contributed by atoms with Crippen LogP contribution >= 0.6 is 11.3 Å². The van der Waals surface area contributed by atoms with Crippen molar-refractivity contribution in [3.63, 3.8) is 0 Å². The van der Waals surface area contributed by atoms with Crippen LogP contribution in [0.1, 0.15) is 23.8 Å². The van der Waals surface area contributed by atoms with Crippen molar-refractivity contribution in [3.05, 3.63) is 27.3 Å². The molecule has 0 spiro atoms. The molecule has 0 aliphatic rings. The number of carbonyl (C=O) groups excluding carboxylic acids is 1. The first-order chi connectivity index (χ1) is 10.0. The first-order valence-corrected chi connectivity index (χ1v) is 7.49. The Balaban J connectivity index is 2.27. The Labute approximate surface area is 124 Å². The molecule has 0 fully saturated rings. The summed E-state index contributed by atoms with van der Waals surface area (Å²) >= 11 is 1.60. The van der Waals surface area contributed by atoms with Gasteiger partial charge in [0, 0.05) is 11.3 Å². The van der Waals surface area contributed by atoms with Crippen LogP contribution in [-0.4, -0.2) is 25.1 Å². The second kappa shape index (κ2) is 4.96. The highest BCUT2D eigenvalue weighted by Gasteiger charge is 2.17. The predicted octanol–water partition coefficient (Wildman–Crippen LogP) is 0.852. The standard InChI is InChI=1S/C13H15N5O2S/c1-3-8-7(2)21-12-10(8)11-16-18(5-4-9(14)19)13(20)17(11)6-15-12/h6H,3-5H2,1-2H3,(H2,14,19). The van der Waals surface area contributed by atoms with E-state index in [2.05, 4.69) is 17.0 Å². The number of aryl methyl sites for hydroxylation is 3. The maximum atomic E-state index is 12.3. The van der Waals surface area contributed by atoms with Crippen molar-refractivity contribution in [1.29, 1.82) is 0 Å². The lowest BCUT2D eigenvalue weighted by Gasteiger charge is -1.96. The van der Waals surface area contributed by atoms with Gasteiger partial charge in [0.1, 0.15) is 11.2 Å². The average Bonchev–Trinajstić information content (AvgIpc) is 2.93. The van der Waals surface area contributed by atoms with Gasteiger partial charge in [-0.1, -0.05) is 6.92 Å². The Hall–Kier alpha value is -2.22. The van der Waals surface area contributed by atoms with E-state index < -0.39 is 5.91 Å². The summed E-state index contributed by atoms with van der Waals surface area (Å²) < 4.78 is 2.70. The van der Waals surface area contributed by atoms with E-state index in [9.17, 15) is 9.59 Å². The summed E-state index contributed by atoms with van der Waals surface area (Å²) in [5.74, 6) is -0.456. The van der Waals surface area contributed by atoms with Crippen molar-refractivity contribution >= 4 is 33.1 Å². The van der Waals surface area contributed by atoms with Gasteiger partial charge < -0.3 is 5.73 Å². The van der Waals surface area contributed by atoms with Crippen LogP contribution in [-0.2, 0) is 17.8 Å². The third-order valence-corrected chi connectivity index (χ3v) is 4.55. The van der Waals surface area contributed by atoms with Gasteiger partial charge in [-0.2, -0.15) is 0 Å². The highest BCUT2D eigenvalue weighted by Crippen LogP contribution is 2.31. The average molecular weight is 305 g/mol. The number of amides is 1. The number of carbonyl (C=O) groups is 1. The molecule has 3 aromatic rings. The van der Waals surface area contributed by atoms with Gasteiger partial charge in [-0.25, -0.2) is 18.9 Å². The van der Waals surface area contributed by atoms with Crippen LogP contribution < -0.4 is 11.4 Å². The fraction of sp³-hybridized carbons (Fsp3) is 0.385. The third-order valence-electron chi connectivity index (χ3n) is 3.50. The normalized spacial score (nSPS) is 11.5. The minimum atomic E-state index is -0.456. The number of nitrogens with zero attached hydrogens (tertiary/aromatic N) is 4. The second-order valence-corrected chi connectivity index (χ2v) is 6.03. The summed E-state index contributed by atoms with van der Waals surface area (Å²) in [7, 11) is 0. The van der Waals surface area contributed by atoms with Gasteiger partial charge in [-0.05, 0) is 18.9 Å². The molecule has 0 atom stereocenters. The van der Waals surface area contributed by atoms with E-state index in [-0.39, 0.29) is 18.7 Å². The molecule has 0 saturated carbocycles. The van der Waals surface area contributed by atoms with Crippen LogP contribution in [0.4, 0.5) is 0 Å². The molecule has 7 nitrogen and oxygen atoms in total. The Kier molecular flexibility index (Phi) is 3.25. The number of hydrogen-bond donors (Lipinski definition) is 1.